The molecule has 7 nitrogen and oxygen atoms in total. The van der Waals surface area contributed by atoms with Gasteiger partial charge in [-0.3, -0.25) is 14.9 Å². The number of amides is 1. The SMILES string of the molecule is CC(C#N)CN(C)C(=O)c1cccc(N)c1[N+](=O)[O-]. The van der Waals surface area contributed by atoms with Gasteiger partial charge in [0.1, 0.15) is 11.3 Å². The number of nitrogens with two attached hydrogens (primary N) is 1. The molecule has 0 saturated heterocycles. The topological polar surface area (TPSA) is 113 Å². The monoisotopic (exact) mass is 262 g/mol. The van der Waals surface area contributed by atoms with E-state index >= 15 is 0 Å². The molecule has 19 heavy (non-hydrogen) atoms. The number of carbonyl (C=O) groups excluding carboxylic acids is 1. The van der Waals surface area contributed by atoms with Crippen LogP contribution in [0.5, 0.6) is 0 Å². The van der Waals surface area contributed by atoms with E-state index < -0.39 is 16.5 Å². The zero-order chi connectivity index (χ0) is 14.6. The summed E-state index contributed by atoms with van der Waals surface area (Å²) in [7, 11) is 1.49. The Labute approximate surface area is 110 Å². The predicted molar refractivity (Wildman–Crippen MR) is 69.2 cm³/mol. The molecule has 0 radical (unpaired) electrons. The Hall–Kier alpha value is -2.62. The molecule has 1 aromatic rings. The summed E-state index contributed by atoms with van der Waals surface area (Å²) >= 11 is 0. The van der Waals surface area contributed by atoms with Gasteiger partial charge >= 0.3 is 5.69 Å². The molecule has 0 fully saturated rings. The van der Waals surface area contributed by atoms with E-state index in [2.05, 4.69) is 0 Å². The van der Waals surface area contributed by atoms with E-state index in [1.807, 2.05) is 6.07 Å². The van der Waals surface area contributed by atoms with Crippen molar-refractivity contribution in [2.75, 3.05) is 19.3 Å². The zero-order valence-electron chi connectivity index (χ0n) is 10.7. The van der Waals surface area contributed by atoms with Crippen molar-refractivity contribution in [1.29, 1.82) is 5.26 Å². The van der Waals surface area contributed by atoms with Gasteiger partial charge < -0.3 is 10.6 Å². The summed E-state index contributed by atoms with van der Waals surface area (Å²) in [5.74, 6) is -0.879. The van der Waals surface area contributed by atoms with Gasteiger partial charge in [-0.25, -0.2) is 0 Å². The molecule has 1 amide bonds. The fourth-order valence-corrected chi connectivity index (χ4v) is 1.68. The second-order valence-electron chi connectivity index (χ2n) is 4.22. The zero-order valence-corrected chi connectivity index (χ0v) is 10.7. The number of anilines is 1. The third-order valence-corrected chi connectivity index (χ3v) is 2.60. The van der Waals surface area contributed by atoms with Gasteiger partial charge in [0.2, 0.25) is 0 Å². The van der Waals surface area contributed by atoms with Crippen LogP contribution in [0.2, 0.25) is 0 Å². The smallest absolute Gasteiger partial charge is 0.304 e. The molecule has 7 heteroatoms. The van der Waals surface area contributed by atoms with E-state index in [-0.39, 0.29) is 23.7 Å². The molecule has 0 heterocycles. The molecule has 1 rings (SSSR count). The third kappa shape index (κ3) is 3.19. The minimum absolute atomic E-state index is 0.0578. The third-order valence-electron chi connectivity index (χ3n) is 2.60. The number of nitrogens with zero attached hydrogens (tertiary/aromatic N) is 3. The van der Waals surface area contributed by atoms with Gasteiger partial charge in [0, 0.05) is 13.6 Å². The first-order chi connectivity index (χ1) is 8.88. The number of nitriles is 1. The number of nitro benzene ring substituents is 1. The van der Waals surface area contributed by atoms with Crippen molar-refractivity contribution in [2.24, 2.45) is 5.92 Å². The van der Waals surface area contributed by atoms with E-state index in [4.69, 9.17) is 11.0 Å². The maximum atomic E-state index is 12.1. The molecule has 0 spiro atoms. The number of carbonyl (C=O) groups is 1. The van der Waals surface area contributed by atoms with Crippen LogP contribution in [0.25, 0.3) is 0 Å². The average Bonchev–Trinajstić information content (AvgIpc) is 2.36. The Morgan fingerprint density at radius 3 is 2.79 bits per heavy atom. The van der Waals surface area contributed by atoms with E-state index in [1.54, 1.807) is 6.92 Å². The van der Waals surface area contributed by atoms with Gasteiger partial charge in [0.15, 0.2) is 0 Å². The number of nitrogen functional groups attached to an aromatic ring is 1. The molecule has 0 bridgehead atoms. The molecule has 1 aromatic carbocycles. The molecular formula is C12H14N4O3. The Morgan fingerprint density at radius 1 is 1.63 bits per heavy atom. The normalized spacial score (nSPS) is 11.4. The second kappa shape index (κ2) is 5.82. The summed E-state index contributed by atoms with van der Waals surface area (Å²) < 4.78 is 0. The lowest BCUT2D eigenvalue weighted by Crippen LogP contribution is -2.31. The quantitative estimate of drug-likeness (QED) is 0.500. The Balaban J connectivity index is 3.10. The minimum atomic E-state index is -0.676. The number of para-hydroxylation sites is 1. The largest absolute Gasteiger partial charge is 0.393 e. The lowest BCUT2D eigenvalue weighted by atomic mass is 10.1. The predicted octanol–water partition coefficient (Wildman–Crippen LogP) is 1.41. The van der Waals surface area contributed by atoms with Crippen molar-refractivity contribution in [3.63, 3.8) is 0 Å². The summed E-state index contributed by atoms with van der Waals surface area (Å²) in [5, 5.41) is 19.7. The molecule has 0 aliphatic heterocycles. The fourth-order valence-electron chi connectivity index (χ4n) is 1.68. The highest BCUT2D eigenvalue weighted by molar-refractivity contribution is 6.00. The second-order valence-corrected chi connectivity index (χ2v) is 4.22. The average molecular weight is 262 g/mol. The summed E-state index contributed by atoms with van der Waals surface area (Å²) in [6.07, 6.45) is 0. The maximum Gasteiger partial charge on any atom is 0.304 e. The molecule has 0 aliphatic rings. The van der Waals surface area contributed by atoms with Crippen molar-refractivity contribution >= 4 is 17.3 Å². The van der Waals surface area contributed by atoms with Crippen LogP contribution < -0.4 is 5.73 Å². The van der Waals surface area contributed by atoms with Crippen LogP contribution in [0.1, 0.15) is 17.3 Å². The Morgan fingerprint density at radius 2 is 2.26 bits per heavy atom. The van der Waals surface area contributed by atoms with Crippen molar-refractivity contribution in [2.45, 2.75) is 6.92 Å². The molecule has 100 valence electrons. The van der Waals surface area contributed by atoms with Gasteiger partial charge in [0.05, 0.1) is 16.9 Å². The summed E-state index contributed by atoms with van der Waals surface area (Å²) in [6, 6.07) is 6.20. The van der Waals surface area contributed by atoms with E-state index in [0.717, 1.165) is 0 Å². The molecule has 0 aliphatic carbocycles. The lowest BCUT2D eigenvalue weighted by Gasteiger charge is -2.18. The van der Waals surface area contributed by atoms with Gasteiger partial charge in [-0.1, -0.05) is 6.07 Å². The fraction of sp³-hybridized carbons (Fsp3) is 0.333. The van der Waals surface area contributed by atoms with Gasteiger partial charge in [-0.15, -0.1) is 0 Å². The number of rotatable bonds is 4. The number of nitro groups is 1. The molecular weight excluding hydrogens is 248 g/mol. The standard InChI is InChI=1S/C12H14N4O3/c1-8(6-13)7-15(2)12(17)9-4-3-5-10(14)11(9)16(18)19/h3-5,8H,7,14H2,1-2H3. The number of hydrogen-bond acceptors (Lipinski definition) is 5. The van der Waals surface area contributed by atoms with Crippen molar-refractivity contribution < 1.29 is 9.72 Å². The molecule has 1 atom stereocenters. The molecule has 0 saturated carbocycles. The minimum Gasteiger partial charge on any atom is -0.393 e. The number of benzene rings is 1. The summed E-state index contributed by atoms with van der Waals surface area (Å²) in [5.41, 5.74) is 4.99. The highest BCUT2D eigenvalue weighted by Crippen LogP contribution is 2.26. The molecule has 0 aromatic heterocycles. The van der Waals surface area contributed by atoms with Gasteiger partial charge in [-0.05, 0) is 19.1 Å². The van der Waals surface area contributed by atoms with Crippen LogP contribution >= 0.6 is 0 Å². The van der Waals surface area contributed by atoms with Crippen LogP contribution in [0, 0.1) is 27.4 Å². The van der Waals surface area contributed by atoms with Crippen LogP contribution in [0.3, 0.4) is 0 Å². The van der Waals surface area contributed by atoms with Crippen molar-refractivity contribution in [3.8, 4) is 6.07 Å². The first kappa shape index (κ1) is 14.4. The van der Waals surface area contributed by atoms with Crippen molar-refractivity contribution in [1.82, 2.24) is 4.90 Å². The van der Waals surface area contributed by atoms with E-state index in [9.17, 15) is 14.9 Å². The van der Waals surface area contributed by atoms with Crippen LogP contribution in [-0.2, 0) is 0 Å². The van der Waals surface area contributed by atoms with Gasteiger partial charge in [0.25, 0.3) is 5.91 Å². The summed E-state index contributed by atoms with van der Waals surface area (Å²) in [6.45, 7) is 1.86. The highest BCUT2D eigenvalue weighted by Gasteiger charge is 2.25. The maximum absolute atomic E-state index is 12.1. The molecule has 1 unspecified atom stereocenters. The van der Waals surface area contributed by atoms with Gasteiger partial charge in [-0.2, -0.15) is 5.26 Å². The summed E-state index contributed by atoms with van der Waals surface area (Å²) in [4.78, 5) is 23.7. The van der Waals surface area contributed by atoms with Crippen LogP contribution in [0.4, 0.5) is 11.4 Å². The lowest BCUT2D eigenvalue weighted by molar-refractivity contribution is -0.384. The van der Waals surface area contributed by atoms with E-state index in [1.165, 1.54) is 30.1 Å². The Bertz CT molecular complexity index is 550. The molecule has 2 N–H and O–H groups in total. The van der Waals surface area contributed by atoms with Crippen LogP contribution in [-0.4, -0.2) is 29.3 Å². The Kier molecular flexibility index (Phi) is 4.42. The van der Waals surface area contributed by atoms with E-state index in [0.29, 0.717) is 0 Å². The first-order valence-electron chi connectivity index (χ1n) is 5.56. The highest BCUT2D eigenvalue weighted by atomic mass is 16.6. The van der Waals surface area contributed by atoms with Crippen LogP contribution in [0.15, 0.2) is 18.2 Å². The first-order valence-corrected chi connectivity index (χ1v) is 5.56. The van der Waals surface area contributed by atoms with Crippen molar-refractivity contribution in [3.05, 3.63) is 33.9 Å². The number of hydrogen-bond donors (Lipinski definition) is 1.